The van der Waals surface area contributed by atoms with Crippen LogP contribution in [0.4, 0.5) is 0 Å². The Balaban J connectivity index is 1.96. The summed E-state index contributed by atoms with van der Waals surface area (Å²) < 4.78 is 7.09. The summed E-state index contributed by atoms with van der Waals surface area (Å²) in [5.74, 6) is 1.03. The number of hydrogen-bond donors (Lipinski definition) is 1. The van der Waals surface area contributed by atoms with Gasteiger partial charge in [0.2, 0.25) is 0 Å². The molecule has 1 aromatic heterocycles. The number of esters is 1. The molecule has 1 N–H and O–H groups in total. The molecule has 1 aliphatic rings. The van der Waals surface area contributed by atoms with Crippen molar-refractivity contribution in [2.45, 2.75) is 32.2 Å². The van der Waals surface area contributed by atoms with Gasteiger partial charge in [0.1, 0.15) is 17.5 Å². The molecule has 1 unspecified atom stereocenters. The van der Waals surface area contributed by atoms with Crippen LogP contribution in [0.1, 0.15) is 31.5 Å². The molecule has 3 rings (SSSR count). The predicted octanol–water partition coefficient (Wildman–Crippen LogP) is 2.09. The summed E-state index contributed by atoms with van der Waals surface area (Å²) >= 11 is 0. The summed E-state index contributed by atoms with van der Waals surface area (Å²) in [6.07, 6.45) is 1.63. The van der Waals surface area contributed by atoms with Gasteiger partial charge >= 0.3 is 5.97 Å². The Hall–Kier alpha value is -2.37. The molecule has 0 aliphatic carbocycles. The van der Waals surface area contributed by atoms with E-state index in [1.54, 1.807) is 31.2 Å². The van der Waals surface area contributed by atoms with Crippen LogP contribution in [0.15, 0.2) is 24.3 Å². The molecule has 2 heterocycles. The second-order valence-corrected chi connectivity index (χ2v) is 5.03. The van der Waals surface area contributed by atoms with E-state index in [2.05, 4.69) is 10.2 Å². The van der Waals surface area contributed by atoms with Crippen molar-refractivity contribution in [1.29, 1.82) is 0 Å². The van der Waals surface area contributed by atoms with Gasteiger partial charge in [-0.25, -0.2) is 0 Å². The van der Waals surface area contributed by atoms with Crippen molar-refractivity contribution in [3.05, 3.63) is 30.1 Å². The van der Waals surface area contributed by atoms with E-state index in [0.717, 1.165) is 30.8 Å². The molecule has 0 fully saturated rings. The lowest BCUT2D eigenvalue weighted by Crippen LogP contribution is -2.24. The second kappa shape index (κ2) is 5.55. The SMILES string of the molecule is CCOC(=O)C1CCCn2c(-c3ccc(O)cc3)nnc21. The van der Waals surface area contributed by atoms with E-state index in [0.29, 0.717) is 12.4 Å². The molecule has 0 amide bonds. The number of aromatic hydroxyl groups is 1. The number of aromatic nitrogens is 3. The zero-order valence-electron chi connectivity index (χ0n) is 11.8. The zero-order valence-corrected chi connectivity index (χ0v) is 11.8. The fourth-order valence-electron chi connectivity index (χ4n) is 2.67. The quantitative estimate of drug-likeness (QED) is 0.875. The molecular formula is C15H17N3O3. The number of nitrogens with zero attached hydrogens (tertiary/aromatic N) is 3. The molecule has 1 aromatic carbocycles. The van der Waals surface area contributed by atoms with Gasteiger partial charge in [-0.2, -0.15) is 0 Å². The highest BCUT2D eigenvalue weighted by atomic mass is 16.5. The molecule has 0 spiro atoms. The highest BCUT2D eigenvalue weighted by molar-refractivity contribution is 5.77. The van der Waals surface area contributed by atoms with E-state index in [9.17, 15) is 9.90 Å². The largest absolute Gasteiger partial charge is 0.508 e. The van der Waals surface area contributed by atoms with Crippen LogP contribution in [0.3, 0.4) is 0 Å². The van der Waals surface area contributed by atoms with Crippen molar-refractivity contribution in [3.63, 3.8) is 0 Å². The van der Waals surface area contributed by atoms with Gasteiger partial charge in [0.05, 0.1) is 6.61 Å². The summed E-state index contributed by atoms with van der Waals surface area (Å²) in [6, 6.07) is 6.81. The van der Waals surface area contributed by atoms with Gasteiger partial charge in [0, 0.05) is 12.1 Å². The molecule has 21 heavy (non-hydrogen) atoms. The minimum Gasteiger partial charge on any atom is -0.508 e. The summed E-state index contributed by atoms with van der Waals surface area (Å²) in [5, 5.41) is 17.8. The third-order valence-electron chi connectivity index (χ3n) is 3.66. The number of fused-ring (bicyclic) bond motifs is 1. The van der Waals surface area contributed by atoms with Crippen LogP contribution in [0.2, 0.25) is 0 Å². The lowest BCUT2D eigenvalue weighted by Gasteiger charge is -2.22. The van der Waals surface area contributed by atoms with Crippen LogP contribution < -0.4 is 0 Å². The van der Waals surface area contributed by atoms with Gasteiger partial charge in [-0.3, -0.25) is 4.79 Å². The van der Waals surface area contributed by atoms with E-state index >= 15 is 0 Å². The minimum absolute atomic E-state index is 0.210. The fraction of sp³-hybridized carbons (Fsp3) is 0.400. The van der Waals surface area contributed by atoms with Crippen molar-refractivity contribution >= 4 is 5.97 Å². The van der Waals surface area contributed by atoms with Gasteiger partial charge in [-0.15, -0.1) is 10.2 Å². The number of hydrogen-bond acceptors (Lipinski definition) is 5. The molecule has 110 valence electrons. The first-order chi connectivity index (χ1) is 10.2. The summed E-state index contributed by atoms with van der Waals surface area (Å²) in [5.41, 5.74) is 0.871. The Morgan fingerprint density at radius 3 is 2.86 bits per heavy atom. The molecule has 1 atom stereocenters. The number of carbonyl (C=O) groups excluding carboxylic acids is 1. The lowest BCUT2D eigenvalue weighted by molar-refractivity contribution is -0.145. The first-order valence-electron chi connectivity index (χ1n) is 7.10. The van der Waals surface area contributed by atoms with E-state index in [-0.39, 0.29) is 17.6 Å². The molecular weight excluding hydrogens is 270 g/mol. The van der Waals surface area contributed by atoms with Gasteiger partial charge in [-0.05, 0) is 44.0 Å². The monoisotopic (exact) mass is 287 g/mol. The lowest BCUT2D eigenvalue weighted by atomic mass is 9.99. The maximum absolute atomic E-state index is 12.0. The van der Waals surface area contributed by atoms with Crippen molar-refractivity contribution in [2.24, 2.45) is 0 Å². The Kier molecular flexibility index (Phi) is 3.60. The highest BCUT2D eigenvalue weighted by Gasteiger charge is 2.32. The maximum atomic E-state index is 12.0. The third-order valence-corrected chi connectivity index (χ3v) is 3.66. The maximum Gasteiger partial charge on any atom is 0.316 e. The Morgan fingerprint density at radius 2 is 2.14 bits per heavy atom. The molecule has 0 saturated heterocycles. The number of benzene rings is 1. The summed E-state index contributed by atoms with van der Waals surface area (Å²) in [7, 11) is 0. The number of phenols is 1. The van der Waals surface area contributed by atoms with Crippen LogP contribution in [0, 0.1) is 0 Å². The Bertz CT molecular complexity index is 649. The first-order valence-corrected chi connectivity index (χ1v) is 7.10. The smallest absolute Gasteiger partial charge is 0.316 e. The average molecular weight is 287 g/mol. The molecule has 2 aromatic rings. The van der Waals surface area contributed by atoms with Crippen molar-refractivity contribution in [2.75, 3.05) is 6.61 Å². The fourth-order valence-corrected chi connectivity index (χ4v) is 2.67. The number of carbonyl (C=O) groups is 1. The number of ether oxygens (including phenoxy) is 1. The number of rotatable bonds is 3. The van der Waals surface area contributed by atoms with Crippen molar-refractivity contribution < 1.29 is 14.6 Å². The van der Waals surface area contributed by atoms with Gasteiger partial charge in [0.15, 0.2) is 5.82 Å². The van der Waals surface area contributed by atoms with Gasteiger partial charge in [0.25, 0.3) is 0 Å². The molecule has 0 radical (unpaired) electrons. The normalized spacial score (nSPS) is 17.3. The first kappa shape index (κ1) is 13.6. The summed E-state index contributed by atoms with van der Waals surface area (Å²) in [4.78, 5) is 12.0. The molecule has 6 heteroatoms. The summed E-state index contributed by atoms with van der Waals surface area (Å²) in [6.45, 7) is 2.95. The van der Waals surface area contributed by atoms with Crippen molar-refractivity contribution in [1.82, 2.24) is 14.8 Å². The topological polar surface area (TPSA) is 77.2 Å². The highest BCUT2D eigenvalue weighted by Crippen LogP contribution is 2.31. The molecule has 1 aliphatic heterocycles. The third kappa shape index (κ3) is 2.49. The molecule has 0 saturated carbocycles. The standard InChI is InChI=1S/C15H17N3O3/c1-2-21-15(20)12-4-3-9-18-13(16-17-14(12)18)10-5-7-11(19)8-6-10/h5-8,12,19H,2-4,9H2,1H3. The average Bonchev–Trinajstić information content (AvgIpc) is 2.92. The zero-order chi connectivity index (χ0) is 14.8. The van der Waals surface area contributed by atoms with Gasteiger partial charge < -0.3 is 14.4 Å². The van der Waals surface area contributed by atoms with E-state index < -0.39 is 0 Å². The van der Waals surface area contributed by atoms with E-state index in [1.807, 2.05) is 4.57 Å². The van der Waals surface area contributed by atoms with Crippen LogP contribution >= 0.6 is 0 Å². The van der Waals surface area contributed by atoms with Crippen LogP contribution in [-0.4, -0.2) is 32.4 Å². The van der Waals surface area contributed by atoms with Crippen molar-refractivity contribution in [3.8, 4) is 17.1 Å². The Morgan fingerprint density at radius 1 is 1.38 bits per heavy atom. The minimum atomic E-state index is -0.336. The van der Waals surface area contributed by atoms with Crippen LogP contribution in [-0.2, 0) is 16.1 Å². The second-order valence-electron chi connectivity index (χ2n) is 5.03. The van der Waals surface area contributed by atoms with Crippen LogP contribution in [0.25, 0.3) is 11.4 Å². The molecule has 0 bridgehead atoms. The molecule has 6 nitrogen and oxygen atoms in total. The van der Waals surface area contributed by atoms with E-state index in [4.69, 9.17) is 4.74 Å². The predicted molar refractivity (Wildman–Crippen MR) is 75.7 cm³/mol. The van der Waals surface area contributed by atoms with E-state index in [1.165, 1.54) is 0 Å². The van der Waals surface area contributed by atoms with Gasteiger partial charge in [-0.1, -0.05) is 0 Å². The van der Waals surface area contributed by atoms with Crippen LogP contribution in [0.5, 0.6) is 5.75 Å². The number of phenolic OH excluding ortho intramolecular Hbond substituents is 1. The Labute approximate surface area is 122 Å².